The Morgan fingerprint density at radius 2 is 2.20 bits per heavy atom. The SMILES string of the molecule is CNc1cc2nc3c(cnn13)C(=O)NCCOc1cc(Cl)cc(c1)N2. The van der Waals surface area contributed by atoms with E-state index in [1.807, 2.05) is 6.07 Å². The molecule has 3 aromatic rings. The minimum atomic E-state index is -0.255. The molecule has 3 heterocycles. The third kappa shape index (κ3) is 2.91. The fourth-order valence-corrected chi connectivity index (χ4v) is 2.89. The van der Waals surface area contributed by atoms with E-state index in [1.165, 1.54) is 6.20 Å². The average molecular weight is 359 g/mol. The number of nitrogens with zero attached hydrogens (tertiary/aromatic N) is 3. The maximum absolute atomic E-state index is 12.4. The van der Waals surface area contributed by atoms with Crippen molar-refractivity contribution >= 4 is 40.5 Å². The van der Waals surface area contributed by atoms with E-state index >= 15 is 0 Å². The van der Waals surface area contributed by atoms with Crippen molar-refractivity contribution in [2.75, 3.05) is 30.8 Å². The Balaban J connectivity index is 1.89. The molecule has 1 aromatic carbocycles. The van der Waals surface area contributed by atoms with Crippen LogP contribution >= 0.6 is 11.6 Å². The highest BCUT2D eigenvalue weighted by atomic mass is 35.5. The lowest BCUT2D eigenvalue weighted by Gasteiger charge is -2.11. The zero-order chi connectivity index (χ0) is 17.4. The first kappa shape index (κ1) is 15.5. The van der Waals surface area contributed by atoms with Crippen LogP contribution in [0.25, 0.3) is 5.65 Å². The molecule has 0 fully saturated rings. The summed E-state index contributed by atoms with van der Waals surface area (Å²) in [7, 11) is 1.78. The van der Waals surface area contributed by atoms with E-state index in [-0.39, 0.29) is 5.91 Å². The van der Waals surface area contributed by atoms with Gasteiger partial charge < -0.3 is 20.7 Å². The van der Waals surface area contributed by atoms with Crippen molar-refractivity contribution in [3.63, 3.8) is 0 Å². The minimum absolute atomic E-state index is 0.255. The van der Waals surface area contributed by atoms with Gasteiger partial charge in [-0.15, -0.1) is 0 Å². The van der Waals surface area contributed by atoms with E-state index in [4.69, 9.17) is 16.3 Å². The number of halogens is 1. The van der Waals surface area contributed by atoms with Gasteiger partial charge in [0.15, 0.2) is 5.65 Å². The summed E-state index contributed by atoms with van der Waals surface area (Å²) in [5.41, 5.74) is 1.58. The molecule has 0 aliphatic carbocycles. The Kier molecular flexibility index (Phi) is 3.81. The standard InChI is InChI=1S/C16H15ClN6O2/c1-18-14-7-13-21-10-4-9(17)5-11(6-10)25-3-2-19-16(24)12-8-20-23(14)15(12)22-13/h4-8,18H,2-3H2,1H3,(H,19,24)(H,21,22). The number of aromatic nitrogens is 3. The molecule has 1 amide bonds. The molecule has 0 atom stereocenters. The maximum Gasteiger partial charge on any atom is 0.256 e. The van der Waals surface area contributed by atoms with Crippen LogP contribution in [0.4, 0.5) is 17.3 Å². The topological polar surface area (TPSA) is 92.6 Å². The van der Waals surface area contributed by atoms with Crippen LogP contribution < -0.4 is 20.7 Å². The van der Waals surface area contributed by atoms with Gasteiger partial charge in [-0.2, -0.15) is 9.61 Å². The summed E-state index contributed by atoms with van der Waals surface area (Å²) in [6.45, 7) is 0.673. The molecule has 1 aliphatic rings. The number of benzene rings is 1. The van der Waals surface area contributed by atoms with Gasteiger partial charge in [-0.05, 0) is 12.1 Å². The number of carbonyl (C=O) groups is 1. The number of ether oxygens (including phenoxy) is 1. The Morgan fingerprint density at radius 3 is 3.04 bits per heavy atom. The summed E-state index contributed by atoms with van der Waals surface area (Å²) in [5, 5.41) is 13.8. The van der Waals surface area contributed by atoms with Crippen molar-refractivity contribution in [1.82, 2.24) is 19.9 Å². The van der Waals surface area contributed by atoms with Crippen molar-refractivity contribution in [3.05, 3.63) is 41.0 Å². The van der Waals surface area contributed by atoms with E-state index in [0.717, 1.165) is 5.69 Å². The van der Waals surface area contributed by atoms with Gasteiger partial charge in [0.05, 0.1) is 12.7 Å². The normalized spacial score (nSPS) is 13.9. The summed E-state index contributed by atoms with van der Waals surface area (Å²) in [4.78, 5) is 16.9. The highest BCUT2D eigenvalue weighted by Gasteiger charge is 2.17. The molecule has 0 saturated carbocycles. The van der Waals surface area contributed by atoms with E-state index in [1.54, 1.807) is 29.8 Å². The van der Waals surface area contributed by atoms with E-state index in [0.29, 0.717) is 46.8 Å². The third-order valence-electron chi connectivity index (χ3n) is 3.77. The smallest absolute Gasteiger partial charge is 0.256 e. The van der Waals surface area contributed by atoms with Crippen molar-refractivity contribution in [2.24, 2.45) is 0 Å². The number of hydrogen-bond acceptors (Lipinski definition) is 6. The molecule has 0 radical (unpaired) electrons. The number of nitrogens with one attached hydrogen (secondary N) is 3. The van der Waals surface area contributed by atoms with E-state index in [2.05, 4.69) is 26.0 Å². The molecule has 25 heavy (non-hydrogen) atoms. The lowest BCUT2D eigenvalue weighted by molar-refractivity contribution is 0.0948. The number of amides is 1. The van der Waals surface area contributed by atoms with Crippen molar-refractivity contribution in [1.29, 1.82) is 0 Å². The van der Waals surface area contributed by atoms with Crippen LogP contribution in [-0.2, 0) is 0 Å². The molecule has 4 rings (SSSR count). The van der Waals surface area contributed by atoms with Gasteiger partial charge in [-0.1, -0.05) is 11.6 Å². The second-order valence-corrected chi connectivity index (χ2v) is 5.91. The fraction of sp³-hybridized carbons (Fsp3) is 0.188. The summed E-state index contributed by atoms with van der Waals surface area (Å²) >= 11 is 6.16. The second kappa shape index (κ2) is 6.14. The van der Waals surface area contributed by atoms with Crippen LogP contribution in [0.1, 0.15) is 10.4 Å². The zero-order valence-corrected chi connectivity index (χ0v) is 14.1. The first-order chi connectivity index (χ1) is 12.1. The first-order valence-corrected chi connectivity index (χ1v) is 8.07. The highest BCUT2D eigenvalue weighted by molar-refractivity contribution is 6.31. The summed E-state index contributed by atoms with van der Waals surface area (Å²) in [6.07, 6.45) is 1.50. The van der Waals surface area contributed by atoms with Gasteiger partial charge in [0.2, 0.25) is 0 Å². The Labute approximate surface area is 148 Å². The van der Waals surface area contributed by atoms with Crippen molar-refractivity contribution in [3.8, 4) is 5.75 Å². The lowest BCUT2D eigenvalue weighted by Crippen LogP contribution is -2.28. The monoisotopic (exact) mass is 358 g/mol. The van der Waals surface area contributed by atoms with Gasteiger partial charge in [0.1, 0.15) is 29.6 Å². The predicted molar refractivity (Wildman–Crippen MR) is 95.1 cm³/mol. The number of carbonyl (C=O) groups excluding carboxylic acids is 1. The molecule has 3 N–H and O–H groups in total. The molecule has 0 unspecified atom stereocenters. The summed E-state index contributed by atoms with van der Waals surface area (Å²) in [5.74, 6) is 1.61. The third-order valence-corrected chi connectivity index (χ3v) is 3.99. The molecular weight excluding hydrogens is 344 g/mol. The number of hydrogen-bond donors (Lipinski definition) is 3. The molecule has 2 aromatic heterocycles. The molecule has 128 valence electrons. The van der Waals surface area contributed by atoms with Crippen LogP contribution in [-0.4, -0.2) is 40.7 Å². The first-order valence-electron chi connectivity index (χ1n) is 7.69. The second-order valence-electron chi connectivity index (χ2n) is 5.48. The molecule has 0 spiro atoms. The van der Waals surface area contributed by atoms with Gasteiger partial charge in [0.25, 0.3) is 5.91 Å². The number of anilines is 3. The Bertz CT molecular complexity index is 971. The molecule has 1 aliphatic heterocycles. The highest BCUT2D eigenvalue weighted by Crippen LogP contribution is 2.28. The Morgan fingerprint density at radius 1 is 1.32 bits per heavy atom. The number of rotatable bonds is 1. The van der Waals surface area contributed by atoms with Gasteiger partial charge >= 0.3 is 0 Å². The molecule has 8 nitrogen and oxygen atoms in total. The maximum atomic E-state index is 12.4. The summed E-state index contributed by atoms with van der Waals surface area (Å²) < 4.78 is 7.24. The Hall–Kier alpha value is -3.00. The van der Waals surface area contributed by atoms with Gasteiger partial charge in [-0.3, -0.25) is 4.79 Å². The molecule has 0 saturated heterocycles. The van der Waals surface area contributed by atoms with Crippen LogP contribution in [0.2, 0.25) is 5.02 Å². The van der Waals surface area contributed by atoms with Gasteiger partial charge in [-0.25, -0.2) is 4.98 Å². The zero-order valence-electron chi connectivity index (χ0n) is 13.3. The van der Waals surface area contributed by atoms with Gasteiger partial charge in [0, 0.05) is 29.9 Å². The largest absolute Gasteiger partial charge is 0.492 e. The van der Waals surface area contributed by atoms with Crippen LogP contribution in [0.3, 0.4) is 0 Å². The van der Waals surface area contributed by atoms with Crippen molar-refractivity contribution in [2.45, 2.75) is 0 Å². The lowest BCUT2D eigenvalue weighted by atomic mass is 10.3. The molecule has 9 heteroatoms. The molecule has 4 bridgehead atoms. The number of fused-ring (bicyclic) bond motifs is 3. The average Bonchev–Trinajstić information content (AvgIpc) is 3.00. The van der Waals surface area contributed by atoms with Crippen LogP contribution in [0.15, 0.2) is 30.5 Å². The fourth-order valence-electron chi connectivity index (χ4n) is 2.66. The van der Waals surface area contributed by atoms with Crippen LogP contribution in [0.5, 0.6) is 5.75 Å². The van der Waals surface area contributed by atoms with E-state index in [9.17, 15) is 4.79 Å². The molecular formula is C16H15ClN6O2. The minimum Gasteiger partial charge on any atom is -0.492 e. The predicted octanol–water partition coefficient (Wildman–Crippen LogP) is 2.29. The quantitative estimate of drug-likeness (QED) is 0.618. The summed E-state index contributed by atoms with van der Waals surface area (Å²) in [6, 6.07) is 7.12. The van der Waals surface area contributed by atoms with Crippen LogP contribution in [0, 0.1) is 0 Å². The van der Waals surface area contributed by atoms with Crippen molar-refractivity contribution < 1.29 is 9.53 Å². The van der Waals surface area contributed by atoms with E-state index < -0.39 is 0 Å².